The van der Waals surface area contributed by atoms with Gasteiger partial charge < -0.3 is 4.74 Å². The van der Waals surface area contributed by atoms with Gasteiger partial charge in [-0.3, -0.25) is 4.79 Å². The number of hydrogen-bond acceptors (Lipinski definition) is 3. The third-order valence-electron chi connectivity index (χ3n) is 2.93. The average Bonchev–Trinajstić information content (AvgIpc) is 2.83. The highest BCUT2D eigenvalue weighted by atomic mass is 32.2. The van der Waals surface area contributed by atoms with Crippen molar-refractivity contribution in [1.29, 1.82) is 0 Å². The van der Waals surface area contributed by atoms with Crippen molar-refractivity contribution in [3.05, 3.63) is 52.5 Å². The van der Waals surface area contributed by atoms with Gasteiger partial charge in [0, 0.05) is 4.91 Å². The van der Waals surface area contributed by atoms with Crippen LogP contribution in [0.3, 0.4) is 0 Å². The van der Waals surface area contributed by atoms with Crippen LogP contribution in [0.1, 0.15) is 18.9 Å². The quantitative estimate of drug-likeness (QED) is 0.825. The molecule has 0 saturated heterocycles. The normalized spacial score (nSPS) is 17.1. The van der Waals surface area contributed by atoms with Crippen molar-refractivity contribution < 1.29 is 9.53 Å². The van der Waals surface area contributed by atoms with E-state index in [4.69, 9.17) is 4.74 Å². The van der Waals surface area contributed by atoms with Crippen LogP contribution in [0, 0.1) is 0 Å². The number of ether oxygens (including phenoxy) is 1. The monoisotopic (exact) mass is 260 g/mol. The van der Waals surface area contributed by atoms with E-state index < -0.39 is 0 Å². The summed E-state index contributed by atoms with van der Waals surface area (Å²) in [5.74, 6) is 0.870. The van der Waals surface area contributed by atoms with Gasteiger partial charge in [0.1, 0.15) is 5.75 Å². The fourth-order valence-electron chi connectivity index (χ4n) is 1.89. The van der Waals surface area contributed by atoms with Crippen LogP contribution in [0.15, 0.2) is 46.9 Å². The summed E-state index contributed by atoms with van der Waals surface area (Å²) >= 11 is 1.33. The van der Waals surface area contributed by atoms with Gasteiger partial charge in [-0.15, -0.1) is 0 Å². The summed E-state index contributed by atoms with van der Waals surface area (Å²) in [7, 11) is 1.67. The first kappa shape index (κ1) is 13.0. The number of rotatable bonds is 4. The van der Waals surface area contributed by atoms with Crippen molar-refractivity contribution in [2.75, 3.05) is 7.11 Å². The molecule has 3 heteroatoms. The smallest absolute Gasteiger partial charge is 0.216 e. The van der Waals surface area contributed by atoms with Gasteiger partial charge in [-0.05, 0) is 54.5 Å². The van der Waals surface area contributed by atoms with Gasteiger partial charge in [-0.1, -0.05) is 24.6 Å². The van der Waals surface area contributed by atoms with Crippen LogP contribution in [0.5, 0.6) is 5.75 Å². The minimum atomic E-state index is 0.130. The molecule has 0 aliphatic carbocycles. The van der Waals surface area contributed by atoms with Crippen molar-refractivity contribution >= 4 is 16.9 Å². The largest absolute Gasteiger partial charge is 0.497 e. The molecule has 0 amide bonds. The molecule has 1 aliphatic rings. The summed E-state index contributed by atoms with van der Waals surface area (Å²) in [5.41, 5.74) is 2.56. The Morgan fingerprint density at radius 3 is 2.44 bits per heavy atom. The molecule has 0 N–H and O–H groups in total. The second-order valence-electron chi connectivity index (χ2n) is 4.10. The SMILES string of the molecule is CC/C(Cc1ccc(OC)cc1)=C1\C=CC(=O)S1. The van der Waals surface area contributed by atoms with Crippen LogP contribution in [-0.2, 0) is 11.2 Å². The van der Waals surface area contributed by atoms with E-state index in [1.54, 1.807) is 13.2 Å². The molecule has 0 bridgehead atoms. The van der Waals surface area contributed by atoms with Crippen molar-refractivity contribution in [3.8, 4) is 5.75 Å². The molecule has 0 fully saturated rings. The molecule has 1 aromatic carbocycles. The van der Waals surface area contributed by atoms with Crippen molar-refractivity contribution in [1.82, 2.24) is 0 Å². The first-order chi connectivity index (χ1) is 8.72. The number of carbonyl (C=O) groups excluding carboxylic acids is 1. The zero-order valence-corrected chi connectivity index (χ0v) is 11.4. The van der Waals surface area contributed by atoms with E-state index in [0.717, 1.165) is 23.5 Å². The Hall–Kier alpha value is -1.48. The van der Waals surface area contributed by atoms with Crippen LogP contribution in [0.2, 0.25) is 0 Å². The molecule has 1 aliphatic heterocycles. The van der Waals surface area contributed by atoms with Gasteiger partial charge in [0.15, 0.2) is 0 Å². The number of carbonyl (C=O) groups is 1. The van der Waals surface area contributed by atoms with E-state index >= 15 is 0 Å². The van der Waals surface area contributed by atoms with E-state index in [9.17, 15) is 4.79 Å². The first-order valence-electron chi connectivity index (χ1n) is 5.97. The van der Waals surface area contributed by atoms with Crippen LogP contribution >= 0.6 is 11.8 Å². The molecule has 0 radical (unpaired) electrons. The maximum Gasteiger partial charge on any atom is 0.216 e. The maximum absolute atomic E-state index is 11.2. The molecule has 2 rings (SSSR count). The highest BCUT2D eigenvalue weighted by Gasteiger charge is 2.13. The third kappa shape index (κ3) is 3.05. The molecule has 1 heterocycles. The van der Waals surface area contributed by atoms with Crippen LogP contribution < -0.4 is 4.74 Å². The summed E-state index contributed by atoms with van der Waals surface area (Å²) in [6, 6.07) is 8.08. The molecule has 0 unspecified atom stereocenters. The molecular weight excluding hydrogens is 244 g/mol. The Labute approximate surface area is 112 Å². The Bertz CT molecular complexity index is 498. The lowest BCUT2D eigenvalue weighted by Crippen LogP contribution is -1.93. The summed E-state index contributed by atoms with van der Waals surface area (Å²) < 4.78 is 5.14. The Morgan fingerprint density at radius 1 is 1.22 bits per heavy atom. The fourth-order valence-corrected chi connectivity index (χ4v) is 2.74. The summed E-state index contributed by atoms with van der Waals surface area (Å²) in [4.78, 5) is 12.3. The number of allylic oxidation sites excluding steroid dienone is 2. The number of thioether (sulfide) groups is 1. The summed E-state index contributed by atoms with van der Waals surface area (Å²) in [6.45, 7) is 2.13. The topological polar surface area (TPSA) is 26.3 Å². The molecule has 0 spiro atoms. The van der Waals surface area contributed by atoms with E-state index in [-0.39, 0.29) is 5.12 Å². The predicted octanol–water partition coefficient (Wildman–Crippen LogP) is 3.73. The summed E-state index contributed by atoms with van der Waals surface area (Å²) in [5, 5.41) is 0.130. The van der Waals surface area contributed by atoms with Gasteiger partial charge in [0.25, 0.3) is 0 Å². The fraction of sp³-hybridized carbons (Fsp3) is 0.267. The lowest BCUT2D eigenvalue weighted by Gasteiger charge is -2.08. The van der Waals surface area contributed by atoms with Gasteiger partial charge in [0.05, 0.1) is 7.11 Å². The Kier molecular flexibility index (Phi) is 4.26. The first-order valence-corrected chi connectivity index (χ1v) is 6.79. The van der Waals surface area contributed by atoms with Crippen LogP contribution in [0.25, 0.3) is 0 Å². The molecule has 0 saturated carbocycles. The van der Waals surface area contributed by atoms with Gasteiger partial charge in [-0.2, -0.15) is 0 Å². The highest BCUT2D eigenvalue weighted by Crippen LogP contribution is 2.31. The second kappa shape index (κ2) is 5.91. The zero-order valence-electron chi connectivity index (χ0n) is 10.6. The lowest BCUT2D eigenvalue weighted by molar-refractivity contribution is -0.106. The number of methoxy groups -OCH3 is 1. The zero-order chi connectivity index (χ0) is 13.0. The van der Waals surface area contributed by atoms with E-state index in [0.29, 0.717) is 0 Å². The van der Waals surface area contributed by atoms with Crippen LogP contribution in [-0.4, -0.2) is 12.2 Å². The molecule has 0 atom stereocenters. The van der Waals surface area contributed by atoms with Crippen molar-refractivity contribution in [3.63, 3.8) is 0 Å². The van der Waals surface area contributed by atoms with Crippen LogP contribution in [0.4, 0.5) is 0 Å². The minimum Gasteiger partial charge on any atom is -0.497 e. The standard InChI is InChI=1S/C15H16O2S/c1-3-12(14-8-9-15(16)18-14)10-11-4-6-13(17-2)7-5-11/h4-9H,3,10H2,1-2H3/b14-12-. The van der Waals surface area contributed by atoms with Gasteiger partial charge >= 0.3 is 0 Å². The number of benzene rings is 1. The average molecular weight is 260 g/mol. The summed E-state index contributed by atoms with van der Waals surface area (Å²) in [6.07, 6.45) is 5.42. The molecular formula is C15H16O2S. The predicted molar refractivity (Wildman–Crippen MR) is 75.8 cm³/mol. The number of hydrogen-bond donors (Lipinski definition) is 0. The molecule has 1 aromatic rings. The van der Waals surface area contributed by atoms with Gasteiger partial charge in [0.2, 0.25) is 5.12 Å². The third-order valence-corrected chi connectivity index (χ3v) is 3.92. The van der Waals surface area contributed by atoms with Crippen molar-refractivity contribution in [2.45, 2.75) is 19.8 Å². The van der Waals surface area contributed by atoms with Gasteiger partial charge in [-0.25, -0.2) is 0 Å². The molecule has 0 aromatic heterocycles. The molecule has 18 heavy (non-hydrogen) atoms. The molecule has 2 nitrogen and oxygen atoms in total. The highest BCUT2D eigenvalue weighted by molar-refractivity contribution is 8.17. The Balaban J connectivity index is 2.15. The molecule has 94 valence electrons. The van der Waals surface area contributed by atoms with Crippen molar-refractivity contribution in [2.24, 2.45) is 0 Å². The minimum absolute atomic E-state index is 0.130. The van der Waals surface area contributed by atoms with E-state index in [2.05, 4.69) is 19.1 Å². The lowest BCUT2D eigenvalue weighted by atomic mass is 10.0. The maximum atomic E-state index is 11.2. The van der Waals surface area contributed by atoms with E-state index in [1.165, 1.54) is 22.9 Å². The second-order valence-corrected chi connectivity index (χ2v) is 5.15. The Morgan fingerprint density at radius 2 is 1.94 bits per heavy atom. The van der Waals surface area contributed by atoms with E-state index in [1.807, 2.05) is 18.2 Å².